The minimum atomic E-state index is -4.89. The molecule has 1 N–H and O–H groups in total. The molecule has 2 aromatic rings. The molecule has 0 aliphatic rings. The molecule has 0 bridgehead atoms. The number of hydrogen-bond donors (Lipinski definition) is 1. The van der Waals surface area contributed by atoms with Gasteiger partial charge in [-0.25, -0.2) is 17.2 Å². The van der Waals surface area contributed by atoms with Crippen LogP contribution in [0.5, 0.6) is 0 Å². The first-order valence-corrected chi connectivity index (χ1v) is 7.23. The molecule has 22 heavy (non-hydrogen) atoms. The highest BCUT2D eigenvalue weighted by atomic mass is 32.2. The van der Waals surface area contributed by atoms with Gasteiger partial charge in [-0.15, -0.1) is 0 Å². The van der Waals surface area contributed by atoms with Crippen LogP contribution < -0.4 is 4.72 Å². The largest absolute Gasteiger partial charge is 0.417 e. The quantitative estimate of drug-likeness (QED) is 0.867. The highest BCUT2D eigenvalue weighted by Gasteiger charge is 2.36. The zero-order valence-electron chi connectivity index (χ0n) is 10.7. The number of nitrogens with one attached hydrogen (secondary N) is 1. The Morgan fingerprint density at radius 3 is 2.00 bits per heavy atom. The van der Waals surface area contributed by atoms with E-state index < -0.39 is 44.0 Å². The smallest absolute Gasteiger partial charge is 0.279 e. The van der Waals surface area contributed by atoms with E-state index in [1.807, 2.05) is 0 Å². The van der Waals surface area contributed by atoms with Crippen LogP contribution in [0, 0.1) is 11.6 Å². The van der Waals surface area contributed by atoms with Gasteiger partial charge in [0.2, 0.25) is 0 Å². The normalized spacial score (nSPS) is 12.2. The van der Waals surface area contributed by atoms with E-state index in [1.54, 1.807) is 4.72 Å². The van der Waals surface area contributed by atoms with Gasteiger partial charge in [-0.2, -0.15) is 13.2 Å². The van der Waals surface area contributed by atoms with E-state index in [9.17, 15) is 30.4 Å². The Hall–Kier alpha value is -2.16. The molecule has 0 heterocycles. The van der Waals surface area contributed by atoms with E-state index in [-0.39, 0.29) is 0 Å². The van der Waals surface area contributed by atoms with Crippen molar-refractivity contribution in [3.05, 3.63) is 59.7 Å². The maximum Gasteiger partial charge on any atom is 0.417 e. The van der Waals surface area contributed by atoms with Gasteiger partial charge in [-0.05, 0) is 24.3 Å². The Kier molecular flexibility index (Phi) is 4.10. The zero-order chi connectivity index (χ0) is 16.5. The van der Waals surface area contributed by atoms with Gasteiger partial charge in [0.25, 0.3) is 10.0 Å². The van der Waals surface area contributed by atoms with Crippen molar-refractivity contribution in [3.63, 3.8) is 0 Å². The van der Waals surface area contributed by atoms with Crippen molar-refractivity contribution in [2.45, 2.75) is 11.1 Å². The molecule has 0 aliphatic heterocycles. The molecule has 3 nitrogen and oxygen atoms in total. The molecule has 9 heteroatoms. The summed E-state index contributed by atoms with van der Waals surface area (Å²) in [6, 6.07) is 5.29. The van der Waals surface area contributed by atoms with E-state index in [2.05, 4.69) is 0 Å². The highest BCUT2D eigenvalue weighted by Crippen LogP contribution is 2.34. The first-order chi connectivity index (χ1) is 10.1. The van der Waals surface area contributed by atoms with Crippen LogP contribution in [0.1, 0.15) is 5.56 Å². The number of alkyl halides is 3. The van der Waals surface area contributed by atoms with Crippen LogP contribution >= 0.6 is 0 Å². The van der Waals surface area contributed by atoms with E-state index >= 15 is 0 Å². The Labute approximate surface area is 122 Å². The topological polar surface area (TPSA) is 46.2 Å². The summed E-state index contributed by atoms with van der Waals surface area (Å²) >= 11 is 0. The molecule has 0 spiro atoms. The van der Waals surface area contributed by atoms with Gasteiger partial charge in [-0.3, -0.25) is 4.72 Å². The van der Waals surface area contributed by atoms with Crippen molar-refractivity contribution in [2.24, 2.45) is 0 Å². The Morgan fingerprint density at radius 1 is 0.909 bits per heavy atom. The molecule has 0 unspecified atom stereocenters. The average molecular weight is 337 g/mol. The monoisotopic (exact) mass is 337 g/mol. The maximum absolute atomic E-state index is 13.0. The molecule has 0 saturated carbocycles. The Morgan fingerprint density at radius 2 is 1.45 bits per heavy atom. The van der Waals surface area contributed by atoms with Crippen molar-refractivity contribution in [1.29, 1.82) is 0 Å². The summed E-state index contributed by atoms with van der Waals surface area (Å²) in [6.45, 7) is 0. The van der Waals surface area contributed by atoms with Crippen molar-refractivity contribution in [2.75, 3.05) is 4.72 Å². The van der Waals surface area contributed by atoms with E-state index in [4.69, 9.17) is 0 Å². The third-order valence-corrected chi connectivity index (χ3v) is 4.04. The van der Waals surface area contributed by atoms with Gasteiger partial charge in [0.1, 0.15) is 11.6 Å². The molecular formula is C13H8F5NO2S. The van der Waals surface area contributed by atoms with Crippen LogP contribution in [0.3, 0.4) is 0 Å². The lowest BCUT2D eigenvalue weighted by molar-refractivity contribution is -0.139. The summed E-state index contributed by atoms with van der Waals surface area (Å²) in [5, 5.41) is 0. The van der Waals surface area contributed by atoms with Crippen LogP contribution in [-0.4, -0.2) is 8.42 Å². The number of halogens is 5. The van der Waals surface area contributed by atoms with Crippen LogP contribution in [0.15, 0.2) is 47.4 Å². The summed E-state index contributed by atoms with van der Waals surface area (Å²) in [6.07, 6.45) is -4.89. The molecular weight excluding hydrogens is 329 g/mol. The molecule has 2 aromatic carbocycles. The lowest BCUT2D eigenvalue weighted by Gasteiger charge is -2.14. The van der Waals surface area contributed by atoms with E-state index in [1.165, 1.54) is 0 Å². The zero-order valence-corrected chi connectivity index (χ0v) is 11.5. The highest BCUT2D eigenvalue weighted by molar-refractivity contribution is 7.92. The minimum Gasteiger partial charge on any atom is -0.279 e. The van der Waals surface area contributed by atoms with Crippen LogP contribution in [0.2, 0.25) is 0 Å². The standard InChI is InChI=1S/C13H8F5NO2S/c14-8-5-9(15)7-10(6-8)19-22(20,21)12-4-2-1-3-11(12)13(16,17)18/h1-7,19H. The van der Waals surface area contributed by atoms with Crippen LogP contribution in [0.4, 0.5) is 27.6 Å². The Balaban J connectivity index is 2.48. The second-order valence-corrected chi connectivity index (χ2v) is 5.91. The summed E-state index contributed by atoms with van der Waals surface area (Å²) in [5.41, 5.74) is -1.89. The molecule has 2 rings (SSSR count). The molecule has 0 aliphatic carbocycles. The van der Waals surface area contributed by atoms with Gasteiger partial charge >= 0.3 is 6.18 Å². The number of hydrogen-bond acceptors (Lipinski definition) is 2. The second-order valence-electron chi connectivity index (χ2n) is 4.26. The number of anilines is 1. The number of sulfonamides is 1. The number of rotatable bonds is 3. The SMILES string of the molecule is O=S(=O)(Nc1cc(F)cc(F)c1)c1ccccc1C(F)(F)F. The van der Waals surface area contributed by atoms with Crippen molar-refractivity contribution in [1.82, 2.24) is 0 Å². The first kappa shape index (κ1) is 16.2. The van der Waals surface area contributed by atoms with Crippen LogP contribution in [-0.2, 0) is 16.2 Å². The summed E-state index contributed by atoms with van der Waals surface area (Å²) in [5.74, 6) is -2.14. The van der Waals surface area contributed by atoms with Gasteiger partial charge in [-0.1, -0.05) is 12.1 Å². The van der Waals surface area contributed by atoms with Crippen molar-refractivity contribution in [3.8, 4) is 0 Å². The van der Waals surface area contributed by atoms with Gasteiger partial charge in [0.15, 0.2) is 0 Å². The molecule has 118 valence electrons. The third kappa shape index (κ3) is 3.53. The second kappa shape index (κ2) is 5.56. The third-order valence-electron chi connectivity index (χ3n) is 2.60. The molecule has 0 saturated heterocycles. The van der Waals surface area contributed by atoms with Crippen molar-refractivity contribution >= 4 is 15.7 Å². The number of benzene rings is 2. The van der Waals surface area contributed by atoms with Crippen molar-refractivity contribution < 1.29 is 30.4 Å². The molecule has 0 atom stereocenters. The molecule has 0 fully saturated rings. The average Bonchev–Trinajstić information content (AvgIpc) is 2.36. The fraction of sp³-hybridized carbons (Fsp3) is 0.0769. The predicted octanol–water partition coefficient (Wildman–Crippen LogP) is 3.78. The van der Waals surface area contributed by atoms with Gasteiger partial charge in [0.05, 0.1) is 16.1 Å². The van der Waals surface area contributed by atoms with Gasteiger partial charge in [0, 0.05) is 6.07 Å². The lowest BCUT2D eigenvalue weighted by Crippen LogP contribution is -2.19. The fourth-order valence-corrected chi connectivity index (χ4v) is 3.03. The van der Waals surface area contributed by atoms with Gasteiger partial charge < -0.3 is 0 Å². The minimum absolute atomic E-state index is 0.501. The lowest BCUT2D eigenvalue weighted by atomic mass is 10.2. The first-order valence-electron chi connectivity index (χ1n) is 5.75. The molecule has 0 aromatic heterocycles. The predicted molar refractivity (Wildman–Crippen MR) is 68.6 cm³/mol. The maximum atomic E-state index is 13.0. The summed E-state index contributed by atoms with van der Waals surface area (Å²) in [4.78, 5) is -1.04. The summed E-state index contributed by atoms with van der Waals surface area (Å²) in [7, 11) is -4.66. The van der Waals surface area contributed by atoms with Crippen LogP contribution in [0.25, 0.3) is 0 Å². The molecule has 0 radical (unpaired) electrons. The summed E-state index contributed by atoms with van der Waals surface area (Å²) < 4.78 is 90.3. The fourth-order valence-electron chi connectivity index (χ4n) is 1.76. The van der Waals surface area contributed by atoms with E-state index in [0.29, 0.717) is 24.3 Å². The Bertz CT molecular complexity index is 782. The van der Waals surface area contributed by atoms with E-state index in [0.717, 1.165) is 18.2 Å². The molecule has 0 amide bonds.